The second-order valence-corrected chi connectivity index (χ2v) is 10.6. The molecule has 0 saturated heterocycles. The summed E-state index contributed by atoms with van der Waals surface area (Å²) in [6, 6.07) is 5.80. The molecule has 0 bridgehead atoms. The highest BCUT2D eigenvalue weighted by Gasteiger charge is 2.36. The minimum Gasteiger partial charge on any atom is -0.324 e. The molecular formula is C22H21F3N4OS2. The molecule has 3 aromatic rings. The number of fused-ring (bicyclic) bond motifs is 1. The molecule has 5 rings (SSSR count). The largest absolute Gasteiger partial charge is 0.420 e. The van der Waals surface area contributed by atoms with Gasteiger partial charge in [0.15, 0.2) is 0 Å². The molecule has 5 nitrogen and oxygen atoms in total. The molecule has 1 fully saturated rings. The summed E-state index contributed by atoms with van der Waals surface area (Å²) in [5, 5.41) is 4.79. The SMILES string of the molecule is CN1Cc2cc(Nc3ncc(C(F)(F)F)c(-c4cc(S(C)=O)cs4)n3)c(C3CC3)cc2C1. The van der Waals surface area contributed by atoms with Gasteiger partial charge in [-0.05, 0) is 54.6 Å². The van der Waals surface area contributed by atoms with Crippen LogP contribution in [0.1, 0.15) is 41.0 Å². The summed E-state index contributed by atoms with van der Waals surface area (Å²) < 4.78 is 52.7. The lowest BCUT2D eigenvalue weighted by Crippen LogP contribution is -2.11. The molecule has 2 aromatic heterocycles. The van der Waals surface area contributed by atoms with Crippen molar-refractivity contribution in [2.45, 2.75) is 42.9 Å². The number of alkyl halides is 3. The second kappa shape index (κ2) is 7.93. The summed E-state index contributed by atoms with van der Waals surface area (Å²) in [4.78, 5) is 11.3. The number of aromatic nitrogens is 2. The number of thiophene rings is 1. The smallest absolute Gasteiger partial charge is 0.324 e. The maximum atomic E-state index is 13.7. The number of benzene rings is 1. The standard InChI is InChI=1S/C22H21F3N4OS2/c1-29-9-13-5-16(12-3-4-12)18(6-14(13)10-29)27-21-26-8-17(22(23,24)25)20(28-21)19-7-15(11-31-19)32(2)30/h5-8,11-12H,3-4,9-10H2,1-2H3,(H,26,27,28). The third-order valence-corrected chi connectivity index (χ3v) is 7.74. The van der Waals surface area contributed by atoms with Crippen molar-refractivity contribution >= 4 is 33.8 Å². The first-order chi connectivity index (χ1) is 15.2. The predicted octanol–water partition coefficient (Wildman–Crippen LogP) is 5.53. The van der Waals surface area contributed by atoms with Crippen LogP contribution in [0.3, 0.4) is 0 Å². The number of anilines is 2. The van der Waals surface area contributed by atoms with Crippen molar-refractivity contribution in [2.75, 3.05) is 18.6 Å². The molecule has 168 valence electrons. The minimum absolute atomic E-state index is 0.119. The van der Waals surface area contributed by atoms with Gasteiger partial charge in [0.05, 0.1) is 21.4 Å². The van der Waals surface area contributed by atoms with E-state index in [1.165, 1.54) is 29.0 Å². The van der Waals surface area contributed by atoms with E-state index in [9.17, 15) is 17.4 Å². The quantitative estimate of drug-likeness (QED) is 0.523. The Morgan fingerprint density at radius 3 is 2.53 bits per heavy atom. The molecule has 1 unspecified atom stereocenters. The van der Waals surface area contributed by atoms with E-state index in [4.69, 9.17) is 0 Å². The van der Waals surface area contributed by atoms with Crippen molar-refractivity contribution in [3.05, 3.63) is 52.0 Å². The van der Waals surface area contributed by atoms with E-state index in [1.54, 1.807) is 5.38 Å². The van der Waals surface area contributed by atoms with Crippen LogP contribution in [0.15, 0.2) is 34.7 Å². The summed E-state index contributed by atoms with van der Waals surface area (Å²) in [6.07, 6.45) is -0.0666. The topological polar surface area (TPSA) is 58.1 Å². The van der Waals surface area contributed by atoms with E-state index < -0.39 is 22.5 Å². The van der Waals surface area contributed by atoms with Gasteiger partial charge in [0.2, 0.25) is 5.95 Å². The van der Waals surface area contributed by atoms with Crippen molar-refractivity contribution in [1.29, 1.82) is 0 Å². The van der Waals surface area contributed by atoms with Crippen LogP contribution in [0.2, 0.25) is 0 Å². The lowest BCUT2D eigenvalue weighted by atomic mass is 10.0. The Balaban J connectivity index is 1.55. The Morgan fingerprint density at radius 2 is 1.91 bits per heavy atom. The van der Waals surface area contributed by atoms with E-state index in [0.717, 1.165) is 49.2 Å². The molecule has 32 heavy (non-hydrogen) atoms. The Kier molecular flexibility index (Phi) is 5.34. The Hall–Kier alpha value is -2.30. The monoisotopic (exact) mass is 478 g/mol. The van der Waals surface area contributed by atoms with Gasteiger partial charge in [-0.25, -0.2) is 9.97 Å². The molecule has 1 atom stereocenters. The van der Waals surface area contributed by atoms with Gasteiger partial charge in [-0.2, -0.15) is 13.2 Å². The summed E-state index contributed by atoms with van der Waals surface area (Å²) in [5.74, 6) is 0.579. The zero-order chi connectivity index (χ0) is 22.6. The number of hydrogen-bond acceptors (Lipinski definition) is 6. The molecule has 2 aliphatic rings. The maximum absolute atomic E-state index is 13.7. The van der Waals surface area contributed by atoms with Gasteiger partial charge in [-0.3, -0.25) is 9.11 Å². The van der Waals surface area contributed by atoms with Crippen LogP contribution >= 0.6 is 11.3 Å². The molecule has 10 heteroatoms. The Labute approximate surface area is 190 Å². The number of hydrogen-bond donors (Lipinski definition) is 1. The molecule has 0 amide bonds. The minimum atomic E-state index is -4.60. The van der Waals surface area contributed by atoms with Crippen molar-refractivity contribution in [1.82, 2.24) is 14.9 Å². The summed E-state index contributed by atoms with van der Waals surface area (Å²) >= 11 is 1.09. The molecule has 0 radical (unpaired) electrons. The van der Waals surface area contributed by atoms with Crippen molar-refractivity contribution in [3.8, 4) is 10.6 Å². The van der Waals surface area contributed by atoms with Crippen LogP contribution < -0.4 is 5.32 Å². The van der Waals surface area contributed by atoms with Gasteiger partial charge in [0.1, 0.15) is 5.56 Å². The van der Waals surface area contributed by atoms with Gasteiger partial charge in [-0.1, -0.05) is 6.07 Å². The Morgan fingerprint density at radius 1 is 1.19 bits per heavy atom. The highest BCUT2D eigenvalue weighted by Crippen LogP contribution is 2.46. The van der Waals surface area contributed by atoms with E-state index in [1.807, 2.05) is 0 Å². The zero-order valence-electron chi connectivity index (χ0n) is 17.5. The summed E-state index contributed by atoms with van der Waals surface area (Å²) in [6.45, 7) is 1.73. The van der Waals surface area contributed by atoms with E-state index >= 15 is 0 Å². The number of nitrogens with one attached hydrogen (secondary N) is 1. The van der Waals surface area contributed by atoms with Crippen LogP contribution in [-0.2, 0) is 30.1 Å². The van der Waals surface area contributed by atoms with Crippen LogP contribution in [0.25, 0.3) is 10.6 Å². The van der Waals surface area contributed by atoms with E-state index in [-0.39, 0.29) is 11.6 Å². The van der Waals surface area contributed by atoms with Gasteiger partial charge in [0, 0.05) is 41.5 Å². The van der Waals surface area contributed by atoms with E-state index in [0.29, 0.717) is 15.7 Å². The normalized spacial score (nSPS) is 17.4. The lowest BCUT2D eigenvalue weighted by molar-refractivity contribution is -0.137. The number of rotatable bonds is 5. The average Bonchev–Trinajstić information content (AvgIpc) is 3.31. The fraction of sp³-hybridized carbons (Fsp3) is 0.364. The van der Waals surface area contributed by atoms with Crippen molar-refractivity contribution in [2.24, 2.45) is 0 Å². The summed E-state index contributed by atoms with van der Waals surface area (Å²) in [5.41, 5.74) is 3.42. The number of nitrogens with zero attached hydrogens (tertiary/aromatic N) is 3. The molecule has 0 spiro atoms. The predicted molar refractivity (Wildman–Crippen MR) is 120 cm³/mol. The maximum Gasteiger partial charge on any atom is 0.420 e. The van der Waals surface area contributed by atoms with Gasteiger partial charge in [0.25, 0.3) is 0 Å². The van der Waals surface area contributed by atoms with Crippen molar-refractivity contribution < 1.29 is 17.4 Å². The van der Waals surface area contributed by atoms with Crippen molar-refractivity contribution in [3.63, 3.8) is 0 Å². The average molecular weight is 479 g/mol. The molecule has 1 aliphatic carbocycles. The third-order valence-electron chi connectivity index (χ3n) is 5.75. The second-order valence-electron chi connectivity index (χ2n) is 8.33. The van der Waals surface area contributed by atoms with Crippen LogP contribution in [-0.4, -0.2) is 32.4 Å². The zero-order valence-corrected chi connectivity index (χ0v) is 19.1. The molecule has 1 aliphatic heterocycles. The summed E-state index contributed by atoms with van der Waals surface area (Å²) in [7, 11) is 0.778. The fourth-order valence-electron chi connectivity index (χ4n) is 4.03. The first kappa shape index (κ1) is 21.5. The highest BCUT2D eigenvalue weighted by atomic mass is 32.2. The number of halogens is 3. The molecular weight excluding hydrogens is 457 g/mol. The third kappa shape index (κ3) is 4.18. The first-order valence-corrected chi connectivity index (χ1v) is 12.6. The van der Waals surface area contributed by atoms with Gasteiger partial charge < -0.3 is 5.32 Å². The highest BCUT2D eigenvalue weighted by molar-refractivity contribution is 7.84. The first-order valence-electron chi connectivity index (χ1n) is 10.2. The fourth-order valence-corrected chi connectivity index (χ4v) is 5.85. The molecule has 1 saturated carbocycles. The molecule has 3 heterocycles. The Bertz CT molecular complexity index is 1220. The molecule has 1 aromatic carbocycles. The van der Waals surface area contributed by atoms with Crippen LogP contribution in [0.4, 0.5) is 24.8 Å². The van der Waals surface area contributed by atoms with Crippen LogP contribution in [0, 0.1) is 0 Å². The van der Waals surface area contributed by atoms with Crippen LogP contribution in [0.5, 0.6) is 0 Å². The van der Waals surface area contributed by atoms with E-state index in [2.05, 4.69) is 39.4 Å². The van der Waals surface area contributed by atoms with Gasteiger partial charge in [-0.15, -0.1) is 11.3 Å². The molecule has 1 N–H and O–H groups in total. The lowest BCUT2D eigenvalue weighted by Gasteiger charge is -2.15. The van der Waals surface area contributed by atoms with Gasteiger partial charge >= 0.3 is 6.18 Å².